The molecule has 3 heteroatoms. The number of nitrogens with zero attached hydrogens (tertiary/aromatic N) is 1. The van der Waals surface area contributed by atoms with E-state index in [1.807, 2.05) is 0 Å². The van der Waals surface area contributed by atoms with E-state index in [0.29, 0.717) is 13.2 Å². The monoisotopic (exact) mass is 279 g/mol. The maximum Gasteiger partial charge on any atom is 0.122 e. The Morgan fingerprint density at radius 2 is 1.65 bits per heavy atom. The molecule has 0 unspecified atom stereocenters. The molecule has 0 aromatic heterocycles. The van der Waals surface area contributed by atoms with Crippen LogP contribution in [0.15, 0.2) is 12.1 Å². The summed E-state index contributed by atoms with van der Waals surface area (Å²) < 4.78 is 11.4. The van der Waals surface area contributed by atoms with Crippen molar-refractivity contribution in [2.45, 2.75) is 34.6 Å². The van der Waals surface area contributed by atoms with Gasteiger partial charge in [0.25, 0.3) is 0 Å². The summed E-state index contributed by atoms with van der Waals surface area (Å²) in [7, 11) is 0. The van der Waals surface area contributed by atoms with E-state index in [1.54, 1.807) is 0 Å². The molecule has 1 aromatic rings. The third-order valence-electron chi connectivity index (χ3n) is 3.70. The summed E-state index contributed by atoms with van der Waals surface area (Å²) in [4.78, 5) is 2.36. The van der Waals surface area contributed by atoms with Crippen LogP contribution in [0.3, 0.4) is 0 Å². The molecule has 0 saturated heterocycles. The van der Waals surface area contributed by atoms with Crippen LogP contribution in [0.2, 0.25) is 0 Å². The van der Waals surface area contributed by atoms with E-state index in [4.69, 9.17) is 9.47 Å². The lowest BCUT2D eigenvalue weighted by atomic mass is 10.1. The fourth-order valence-corrected chi connectivity index (χ4v) is 2.20. The highest BCUT2D eigenvalue weighted by atomic mass is 16.5. The van der Waals surface area contributed by atoms with E-state index in [0.717, 1.165) is 32.0 Å². The third kappa shape index (κ3) is 5.51. The number of rotatable bonds is 9. The van der Waals surface area contributed by atoms with Crippen molar-refractivity contribution in [2.24, 2.45) is 0 Å². The second-order valence-corrected chi connectivity index (χ2v) is 5.19. The number of likely N-dealkylation sites (N-methyl/N-ethyl adjacent to an activating group) is 1. The molecule has 0 radical (unpaired) electrons. The first-order valence-electron chi connectivity index (χ1n) is 7.59. The Hall–Kier alpha value is -1.06. The second kappa shape index (κ2) is 8.98. The van der Waals surface area contributed by atoms with Gasteiger partial charge in [-0.3, -0.25) is 0 Å². The van der Waals surface area contributed by atoms with Crippen LogP contribution in [0.25, 0.3) is 0 Å². The number of ether oxygens (including phenoxy) is 2. The summed E-state index contributed by atoms with van der Waals surface area (Å²) in [6.07, 6.45) is 0. The lowest BCUT2D eigenvalue weighted by Crippen LogP contribution is -2.27. The minimum atomic E-state index is 0.613. The molecular weight excluding hydrogens is 250 g/mol. The Kier molecular flexibility index (Phi) is 7.63. The molecule has 0 heterocycles. The van der Waals surface area contributed by atoms with Gasteiger partial charge in [-0.2, -0.15) is 0 Å². The van der Waals surface area contributed by atoms with E-state index in [2.05, 4.69) is 51.7 Å². The predicted octanol–water partition coefficient (Wildman–Crippen LogP) is 3.35. The van der Waals surface area contributed by atoms with Gasteiger partial charge >= 0.3 is 0 Å². The molecule has 0 aliphatic carbocycles. The maximum absolute atomic E-state index is 5.82. The van der Waals surface area contributed by atoms with Crippen LogP contribution < -0.4 is 4.74 Å². The Bertz CT molecular complexity index is 400. The Labute approximate surface area is 123 Å². The average Bonchev–Trinajstić information content (AvgIpc) is 2.43. The summed E-state index contributed by atoms with van der Waals surface area (Å²) in [5, 5.41) is 0. The SMILES string of the molecule is CCN(CC)CCOCCOc1cc(C)cc(C)c1C. The summed E-state index contributed by atoms with van der Waals surface area (Å²) in [6, 6.07) is 4.28. The van der Waals surface area contributed by atoms with Crippen LogP contribution in [0.1, 0.15) is 30.5 Å². The minimum Gasteiger partial charge on any atom is -0.491 e. The van der Waals surface area contributed by atoms with Gasteiger partial charge in [0.1, 0.15) is 12.4 Å². The average molecular weight is 279 g/mol. The van der Waals surface area contributed by atoms with Crippen LogP contribution in [0.5, 0.6) is 5.75 Å². The van der Waals surface area contributed by atoms with Crippen LogP contribution in [0.4, 0.5) is 0 Å². The van der Waals surface area contributed by atoms with Gasteiger partial charge in [0.05, 0.1) is 13.2 Å². The quantitative estimate of drug-likeness (QED) is 0.647. The fourth-order valence-electron chi connectivity index (χ4n) is 2.20. The van der Waals surface area contributed by atoms with Crippen molar-refractivity contribution in [2.75, 3.05) is 39.5 Å². The smallest absolute Gasteiger partial charge is 0.122 e. The molecule has 0 aliphatic heterocycles. The van der Waals surface area contributed by atoms with Crippen molar-refractivity contribution >= 4 is 0 Å². The van der Waals surface area contributed by atoms with Crippen molar-refractivity contribution in [3.63, 3.8) is 0 Å². The number of hydrogen-bond donors (Lipinski definition) is 0. The number of benzene rings is 1. The van der Waals surface area contributed by atoms with Crippen molar-refractivity contribution in [1.29, 1.82) is 0 Å². The van der Waals surface area contributed by atoms with E-state index < -0.39 is 0 Å². The molecule has 0 spiro atoms. The van der Waals surface area contributed by atoms with Gasteiger partial charge in [-0.05, 0) is 56.6 Å². The lowest BCUT2D eigenvalue weighted by molar-refractivity contribution is 0.0817. The van der Waals surface area contributed by atoms with Crippen molar-refractivity contribution in [1.82, 2.24) is 4.90 Å². The highest BCUT2D eigenvalue weighted by Gasteiger charge is 2.04. The van der Waals surface area contributed by atoms with Crippen molar-refractivity contribution < 1.29 is 9.47 Å². The fraction of sp³-hybridized carbons (Fsp3) is 0.647. The van der Waals surface area contributed by atoms with Gasteiger partial charge in [-0.1, -0.05) is 19.9 Å². The molecule has 0 amide bonds. The van der Waals surface area contributed by atoms with Crippen LogP contribution in [-0.4, -0.2) is 44.4 Å². The van der Waals surface area contributed by atoms with Gasteiger partial charge in [-0.15, -0.1) is 0 Å². The topological polar surface area (TPSA) is 21.7 Å². The third-order valence-corrected chi connectivity index (χ3v) is 3.70. The van der Waals surface area contributed by atoms with Gasteiger partial charge in [-0.25, -0.2) is 0 Å². The molecule has 20 heavy (non-hydrogen) atoms. The van der Waals surface area contributed by atoms with E-state index >= 15 is 0 Å². The second-order valence-electron chi connectivity index (χ2n) is 5.19. The summed E-state index contributed by atoms with van der Waals surface area (Å²) in [5.74, 6) is 0.981. The van der Waals surface area contributed by atoms with Crippen molar-refractivity contribution in [3.8, 4) is 5.75 Å². The van der Waals surface area contributed by atoms with E-state index in [9.17, 15) is 0 Å². The molecule has 1 aromatic carbocycles. The van der Waals surface area contributed by atoms with Crippen molar-refractivity contribution in [3.05, 3.63) is 28.8 Å². The normalized spacial score (nSPS) is 11.1. The molecular formula is C17H29NO2. The van der Waals surface area contributed by atoms with Gasteiger partial charge in [0, 0.05) is 6.54 Å². The standard InChI is InChI=1S/C17H29NO2/c1-6-18(7-2)8-9-19-10-11-20-17-13-14(3)12-15(4)16(17)5/h12-13H,6-11H2,1-5H3. The zero-order chi connectivity index (χ0) is 15.0. The van der Waals surface area contributed by atoms with E-state index in [1.165, 1.54) is 16.7 Å². The summed E-state index contributed by atoms with van der Waals surface area (Å²) in [5.41, 5.74) is 3.74. The van der Waals surface area contributed by atoms with Crippen LogP contribution in [0, 0.1) is 20.8 Å². The largest absolute Gasteiger partial charge is 0.491 e. The van der Waals surface area contributed by atoms with Gasteiger partial charge < -0.3 is 14.4 Å². The predicted molar refractivity (Wildman–Crippen MR) is 84.8 cm³/mol. The summed E-state index contributed by atoms with van der Waals surface area (Å²) >= 11 is 0. The minimum absolute atomic E-state index is 0.613. The van der Waals surface area contributed by atoms with E-state index in [-0.39, 0.29) is 0 Å². The van der Waals surface area contributed by atoms with Gasteiger partial charge in [0.2, 0.25) is 0 Å². The first-order valence-corrected chi connectivity index (χ1v) is 7.59. The molecule has 1 rings (SSSR count). The first-order chi connectivity index (χ1) is 9.58. The number of aryl methyl sites for hydroxylation is 2. The zero-order valence-electron chi connectivity index (χ0n) is 13.7. The highest BCUT2D eigenvalue weighted by Crippen LogP contribution is 2.23. The first kappa shape index (κ1) is 17.0. The molecule has 3 nitrogen and oxygen atoms in total. The molecule has 0 N–H and O–H groups in total. The number of hydrogen-bond acceptors (Lipinski definition) is 3. The van der Waals surface area contributed by atoms with Crippen LogP contribution in [-0.2, 0) is 4.74 Å². The molecule has 0 bridgehead atoms. The Morgan fingerprint density at radius 3 is 2.30 bits per heavy atom. The Balaban J connectivity index is 2.25. The zero-order valence-corrected chi connectivity index (χ0v) is 13.7. The molecule has 0 saturated carbocycles. The van der Waals surface area contributed by atoms with Crippen LogP contribution >= 0.6 is 0 Å². The molecule has 0 aliphatic rings. The molecule has 0 fully saturated rings. The maximum atomic E-state index is 5.82. The molecule has 0 atom stereocenters. The highest BCUT2D eigenvalue weighted by molar-refractivity contribution is 5.41. The lowest BCUT2D eigenvalue weighted by Gasteiger charge is -2.17. The summed E-state index contributed by atoms with van der Waals surface area (Å²) in [6.45, 7) is 15.9. The molecule has 114 valence electrons. The Morgan fingerprint density at radius 1 is 0.950 bits per heavy atom. The van der Waals surface area contributed by atoms with Gasteiger partial charge in [0.15, 0.2) is 0 Å².